The van der Waals surface area contributed by atoms with Gasteiger partial charge in [-0.15, -0.1) is 0 Å². The molecule has 1 saturated heterocycles. The molecule has 7 atom stereocenters. The lowest BCUT2D eigenvalue weighted by atomic mass is 9.81. The van der Waals surface area contributed by atoms with Gasteiger partial charge in [0.1, 0.15) is 36.9 Å². The first kappa shape index (κ1) is 38.7. The molecule has 18 heteroatoms. The number of aliphatic imine (C=N–C) groups is 3. The zero-order chi connectivity index (χ0) is 39.9. The molecule has 3 aromatic carbocycles. The van der Waals surface area contributed by atoms with Gasteiger partial charge in [-0.05, 0) is 12.1 Å². The molecule has 0 saturated carbocycles. The fourth-order valence-electron chi connectivity index (χ4n) is 7.25. The summed E-state index contributed by atoms with van der Waals surface area (Å²) in [5.74, 6) is -2.97. The van der Waals surface area contributed by atoms with Crippen LogP contribution in [0.1, 0.15) is 55.8 Å². The smallest absolute Gasteiger partial charge is 0.262 e. The van der Waals surface area contributed by atoms with Crippen LogP contribution in [-0.4, -0.2) is 135 Å². The molecule has 3 aromatic rings. The second-order valence-corrected chi connectivity index (χ2v) is 13.6. The van der Waals surface area contributed by atoms with E-state index < -0.39 is 86.0 Å². The lowest BCUT2D eigenvalue weighted by Gasteiger charge is -2.47. The third-order valence-corrected chi connectivity index (χ3v) is 10.1. The number of ketones is 2. The van der Waals surface area contributed by atoms with Crippen LogP contribution in [0, 0.1) is 5.41 Å². The van der Waals surface area contributed by atoms with Crippen LogP contribution < -0.4 is 19.5 Å². The monoisotopic (exact) mass is 771 g/mol. The van der Waals surface area contributed by atoms with E-state index in [0.717, 1.165) is 0 Å². The third-order valence-electron chi connectivity index (χ3n) is 10.1. The molecule has 3 heterocycles. The number of aliphatic hydroxyl groups is 6. The molecule has 4 aliphatic rings. The van der Waals surface area contributed by atoms with Crippen molar-refractivity contribution in [2.24, 2.45) is 15.0 Å². The Kier molecular flexibility index (Phi) is 10.7. The van der Waals surface area contributed by atoms with E-state index in [1.807, 2.05) is 0 Å². The van der Waals surface area contributed by atoms with Crippen LogP contribution in [-0.2, 0) is 16.0 Å². The number of benzene rings is 3. The predicted octanol–water partition coefficient (Wildman–Crippen LogP) is -2.65. The van der Waals surface area contributed by atoms with E-state index in [1.165, 1.54) is 18.2 Å². The van der Waals surface area contributed by atoms with E-state index >= 15 is 0 Å². The molecule has 56 heavy (non-hydrogen) atoms. The maximum absolute atomic E-state index is 14.3. The summed E-state index contributed by atoms with van der Waals surface area (Å²) in [5, 5.41) is 84.6. The number of fused-ring (bicyclic) bond motifs is 3. The molecule has 3 aliphatic heterocycles. The van der Waals surface area contributed by atoms with Gasteiger partial charge in [-0.3, -0.25) is 15.0 Å². The molecule has 0 radical (unpaired) electrons. The van der Waals surface area contributed by atoms with Gasteiger partial charge in [-0.1, -0.05) is 42.5 Å². The summed E-state index contributed by atoms with van der Waals surface area (Å²) in [7, 11) is 0. The number of rotatable bonds is 13. The summed E-state index contributed by atoms with van der Waals surface area (Å²) < 4.78 is 18.3. The van der Waals surface area contributed by atoms with Gasteiger partial charge in [0.05, 0.1) is 18.3 Å². The average Bonchev–Trinajstić information content (AvgIpc) is 3.61. The summed E-state index contributed by atoms with van der Waals surface area (Å²) in [4.78, 5) is 52.3. The van der Waals surface area contributed by atoms with Crippen molar-refractivity contribution in [1.29, 1.82) is 5.41 Å². The van der Waals surface area contributed by atoms with Crippen molar-refractivity contribution in [3.8, 4) is 11.5 Å². The predicted molar refractivity (Wildman–Crippen MR) is 192 cm³/mol. The maximum atomic E-state index is 14.3. The number of guanidine groups is 1. The lowest BCUT2D eigenvalue weighted by Crippen LogP contribution is -3.09. The van der Waals surface area contributed by atoms with Crippen molar-refractivity contribution >= 4 is 46.9 Å². The minimum absolute atomic E-state index is 0.00672. The number of carbonyl (C=O) groups excluding carboxylic acids is 3. The van der Waals surface area contributed by atoms with Gasteiger partial charge in [0.15, 0.2) is 41.0 Å². The zero-order valence-electron chi connectivity index (χ0n) is 29.5. The Morgan fingerprint density at radius 2 is 1.73 bits per heavy atom. The highest BCUT2D eigenvalue weighted by Gasteiger charge is 2.56. The number of aldehydes is 1. The fourth-order valence-corrected chi connectivity index (χ4v) is 7.25. The fraction of sp³-hybridized carbons (Fsp3) is 0.342. The van der Waals surface area contributed by atoms with Crippen molar-refractivity contribution in [2.45, 2.75) is 55.6 Å². The number of amidine groups is 1. The van der Waals surface area contributed by atoms with Crippen LogP contribution in [0.25, 0.3) is 0 Å². The Morgan fingerprint density at radius 3 is 2.45 bits per heavy atom. The number of hydrogen-bond donors (Lipinski definition) is 8. The van der Waals surface area contributed by atoms with Crippen LogP contribution in [0.3, 0.4) is 0 Å². The highest BCUT2D eigenvalue weighted by Crippen LogP contribution is 2.46. The summed E-state index contributed by atoms with van der Waals surface area (Å²) in [6, 6.07) is 14.4. The molecule has 292 valence electrons. The maximum Gasteiger partial charge on any atom is 0.262 e. The Hall–Kier alpha value is -5.57. The Balaban J connectivity index is 1.43. The van der Waals surface area contributed by atoms with E-state index in [1.54, 1.807) is 36.4 Å². The average molecular weight is 772 g/mol. The van der Waals surface area contributed by atoms with Gasteiger partial charge in [-0.25, -0.2) is 14.9 Å². The molecule has 7 unspecified atom stereocenters. The van der Waals surface area contributed by atoms with Crippen molar-refractivity contribution in [1.82, 2.24) is 0 Å². The van der Waals surface area contributed by atoms with Crippen LogP contribution in [0.4, 0.5) is 5.69 Å². The molecule has 1 fully saturated rings. The highest BCUT2D eigenvalue weighted by atomic mass is 16.7. The standard InChI is InChI=1S/C38H37N5O13/c39-37-41-34-27(35(52)42-37)40-17-43(34)24-8-4-1-5-18(24)13-19-14-23-26(29(49)22-7-3-2-6-21(22)28(23)48)32(54-16-20(47)9-11-44)31(19)56-36-38(53,10-12-45)33(51)30(50)25(15-46)55-36/h1-8,11,14,20,25,30,33,36,45-47,50-51,53H,9-10,12-13,15-17H2,(H2,39,42,52). The van der Waals surface area contributed by atoms with E-state index in [4.69, 9.17) is 19.6 Å². The Labute approximate surface area is 317 Å². The molecule has 0 amide bonds. The minimum atomic E-state index is -2.53. The van der Waals surface area contributed by atoms with Gasteiger partial charge in [0.2, 0.25) is 12.2 Å². The molecular weight excluding hydrogens is 734 g/mol. The lowest BCUT2D eigenvalue weighted by molar-refractivity contribution is -0.723. The number of nitrogens with one attached hydrogen (secondary N) is 2. The summed E-state index contributed by atoms with van der Waals surface area (Å²) in [5.41, 5.74) is -1.57. The van der Waals surface area contributed by atoms with Crippen LogP contribution in [0.5, 0.6) is 11.5 Å². The summed E-state index contributed by atoms with van der Waals surface area (Å²) >= 11 is 0. The molecule has 0 spiro atoms. The first-order chi connectivity index (χ1) is 26.9. The van der Waals surface area contributed by atoms with E-state index in [9.17, 15) is 50.1 Å². The van der Waals surface area contributed by atoms with Crippen LogP contribution in [0.15, 0.2) is 69.6 Å². The molecule has 0 bridgehead atoms. The number of carbonyl (C=O) groups is 3. The zero-order valence-corrected chi connectivity index (χ0v) is 29.5. The normalized spacial score (nSPS) is 26.0. The van der Waals surface area contributed by atoms with Crippen molar-refractivity contribution < 1.29 is 69.2 Å². The number of nitrogens with zero attached hydrogens (tertiary/aromatic N) is 3. The van der Waals surface area contributed by atoms with Gasteiger partial charge in [0, 0.05) is 59.6 Å². The van der Waals surface area contributed by atoms with Crippen LogP contribution >= 0.6 is 0 Å². The number of hydrogen-bond acceptors (Lipinski definition) is 15. The van der Waals surface area contributed by atoms with Gasteiger partial charge in [-0.2, -0.15) is 4.99 Å². The first-order valence-electron chi connectivity index (χ1n) is 17.6. The van der Waals surface area contributed by atoms with Gasteiger partial charge in [0.25, 0.3) is 5.84 Å². The second-order valence-electron chi connectivity index (χ2n) is 13.6. The highest BCUT2D eigenvalue weighted by molar-refractivity contribution is 6.66. The third kappa shape index (κ3) is 6.71. The molecule has 0 aromatic heterocycles. The van der Waals surface area contributed by atoms with Crippen molar-refractivity contribution in [2.75, 3.05) is 26.5 Å². The van der Waals surface area contributed by atoms with E-state index in [2.05, 4.69) is 15.0 Å². The minimum Gasteiger partial charge on any atom is -0.857 e. The number of para-hydroxylation sites is 1. The van der Waals surface area contributed by atoms with Gasteiger partial charge < -0.3 is 54.8 Å². The molecule has 8 N–H and O–H groups in total. The number of aliphatic hydroxyl groups excluding tert-OH is 5. The topological polar surface area (TPSA) is 289 Å². The van der Waals surface area contributed by atoms with Crippen LogP contribution in [0.2, 0.25) is 0 Å². The Morgan fingerprint density at radius 1 is 1.02 bits per heavy atom. The summed E-state index contributed by atoms with van der Waals surface area (Å²) in [6.45, 7) is -2.11. The van der Waals surface area contributed by atoms with E-state index in [0.29, 0.717) is 22.4 Å². The quantitative estimate of drug-likeness (QED) is 0.0646. The Bertz CT molecular complexity index is 2210. The van der Waals surface area contributed by atoms with E-state index in [-0.39, 0.29) is 70.4 Å². The molecule has 7 rings (SSSR count). The largest absolute Gasteiger partial charge is 0.857 e. The van der Waals surface area contributed by atoms with Gasteiger partial charge >= 0.3 is 0 Å². The van der Waals surface area contributed by atoms with Crippen molar-refractivity contribution in [3.63, 3.8) is 0 Å². The molecule has 1 aliphatic carbocycles. The number of ether oxygens (including phenoxy) is 3. The SMILES string of the molecule is N=C1N=C([O-])C2=NC[NH+](c3ccccc3Cc3cc4c(c(OCC(O)CC=O)c3OC3OC(CO)C(O)C(O)C3(O)CCO)C(=O)c3ccccc3C4=O)C2=N1. The first-order valence-corrected chi connectivity index (χ1v) is 17.6. The molecule has 18 nitrogen and oxygen atoms in total. The molecular formula is C38H37N5O13. The van der Waals surface area contributed by atoms with Crippen molar-refractivity contribution in [3.05, 3.63) is 88.0 Å². The number of quaternary nitrogens is 1. The summed E-state index contributed by atoms with van der Waals surface area (Å²) in [6.07, 6.45) is -9.31. The second kappa shape index (κ2) is 15.5.